The van der Waals surface area contributed by atoms with Crippen LogP contribution in [0.1, 0.15) is 88.5 Å². The van der Waals surface area contributed by atoms with Gasteiger partial charge in [-0.05, 0) is 38.3 Å². The first-order valence-corrected chi connectivity index (χ1v) is 14.4. The van der Waals surface area contributed by atoms with Crippen molar-refractivity contribution < 1.29 is 1.37 Å². The summed E-state index contributed by atoms with van der Waals surface area (Å²) in [5, 5.41) is 1.15. The Hall–Kier alpha value is -2.24. The van der Waals surface area contributed by atoms with Crippen molar-refractivity contribution in [2.24, 2.45) is 0 Å². The third-order valence-electron chi connectivity index (χ3n) is 6.56. The zero-order valence-electron chi connectivity index (χ0n) is 25.4. The van der Waals surface area contributed by atoms with Crippen molar-refractivity contribution in [3.63, 3.8) is 0 Å². The Morgan fingerprint density at radius 2 is 1.36 bits per heavy atom. The van der Waals surface area contributed by atoms with Gasteiger partial charge in [-0.25, -0.2) is 9.97 Å². The van der Waals surface area contributed by atoms with E-state index in [1.807, 2.05) is 61.6 Å². The van der Waals surface area contributed by atoms with Crippen LogP contribution in [-0.4, -0.2) is 63.6 Å². The Bertz CT molecular complexity index is 943. The summed E-state index contributed by atoms with van der Waals surface area (Å²) < 4.78 is 9.96. The Morgan fingerprint density at radius 1 is 0.778 bits per heavy atom. The van der Waals surface area contributed by atoms with Crippen molar-refractivity contribution >= 4 is 11.0 Å². The van der Waals surface area contributed by atoms with Gasteiger partial charge in [0.05, 0.1) is 0 Å². The van der Waals surface area contributed by atoms with E-state index in [1.165, 1.54) is 36.8 Å². The lowest BCUT2D eigenvalue weighted by molar-refractivity contribution is 0.0828. The van der Waals surface area contributed by atoms with E-state index in [2.05, 4.69) is 60.9 Å². The zero-order chi connectivity index (χ0) is 27.6. The van der Waals surface area contributed by atoms with Crippen molar-refractivity contribution in [2.45, 2.75) is 93.2 Å². The van der Waals surface area contributed by atoms with Gasteiger partial charge in [-0.3, -0.25) is 4.90 Å². The van der Waals surface area contributed by atoms with E-state index < -0.39 is 0 Å². The number of likely N-dealkylation sites (N-methyl/N-ethyl adjacent to an activating group) is 1. The number of benzene rings is 1. The van der Waals surface area contributed by atoms with Crippen molar-refractivity contribution in [3.8, 4) is 11.1 Å². The minimum atomic E-state index is 0.437. The van der Waals surface area contributed by atoms with Crippen LogP contribution in [0.15, 0.2) is 49.1 Å². The SMILES string of the molecule is CC.CC.CC.CC.[2H]CN1CCN(C2CCC(n3cc(-c4ccccc4)c4cncnc43)CC2)CC1. The monoisotopic (exact) mass is 496 g/mol. The number of nitrogens with zero attached hydrogens (tertiary/aromatic N) is 5. The van der Waals surface area contributed by atoms with E-state index in [0.29, 0.717) is 19.1 Å². The van der Waals surface area contributed by atoms with E-state index in [4.69, 9.17) is 1.37 Å². The van der Waals surface area contributed by atoms with Gasteiger partial charge in [0.1, 0.15) is 12.0 Å². The second-order valence-electron chi connectivity index (χ2n) is 8.19. The minimum Gasteiger partial charge on any atom is -0.329 e. The molecule has 0 amide bonds. The molecule has 0 N–H and O–H groups in total. The van der Waals surface area contributed by atoms with Crippen molar-refractivity contribution in [3.05, 3.63) is 49.1 Å². The molecule has 1 aliphatic carbocycles. The summed E-state index contributed by atoms with van der Waals surface area (Å²) in [4.78, 5) is 13.8. The lowest BCUT2D eigenvalue weighted by atomic mass is 9.89. The second kappa shape index (κ2) is 18.1. The van der Waals surface area contributed by atoms with Crippen LogP contribution in [-0.2, 0) is 0 Å². The summed E-state index contributed by atoms with van der Waals surface area (Å²) in [5.74, 6) is 0. The van der Waals surface area contributed by atoms with Gasteiger partial charge in [0.25, 0.3) is 0 Å². The second-order valence-corrected chi connectivity index (χ2v) is 8.19. The molecule has 1 saturated heterocycles. The van der Waals surface area contributed by atoms with Crippen LogP contribution >= 0.6 is 0 Å². The summed E-state index contributed by atoms with van der Waals surface area (Å²) in [6, 6.07) is 11.8. The topological polar surface area (TPSA) is 37.2 Å². The fourth-order valence-electron chi connectivity index (χ4n) is 4.94. The maximum atomic E-state index is 7.55. The number of aromatic nitrogens is 3. The van der Waals surface area contributed by atoms with Gasteiger partial charge in [-0.1, -0.05) is 85.7 Å². The average Bonchev–Trinajstić information content (AvgIpc) is 3.42. The number of hydrogen-bond acceptors (Lipinski definition) is 4. The van der Waals surface area contributed by atoms with E-state index in [1.54, 1.807) is 6.33 Å². The maximum Gasteiger partial charge on any atom is 0.144 e. The molecular formula is C31H53N5. The van der Waals surface area contributed by atoms with E-state index in [-0.39, 0.29) is 0 Å². The molecule has 5 rings (SSSR count). The highest BCUT2D eigenvalue weighted by atomic mass is 15.3. The van der Waals surface area contributed by atoms with Crippen molar-refractivity contribution in [2.75, 3.05) is 33.2 Å². The molecule has 0 radical (unpaired) electrons. The van der Waals surface area contributed by atoms with Gasteiger partial charge in [0.15, 0.2) is 0 Å². The first-order chi connectivity index (χ1) is 18.3. The van der Waals surface area contributed by atoms with Gasteiger partial charge < -0.3 is 9.47 Å². The molecule has 0 bridgehead atoms. The fraction of sp³-hybridized carbons (Fsp3) is 0.613. The van der Waals surface area contributed by atoms with Gasteiger partial charge >= 0.3 is 0 Å². The number of fused-ring (bicyclic) bond motifs is 1. The molecule has 1 aliphatic heterocycles. The molecule has 0 spiro atoms. The predicted octanol–water partition coefficient (Wildman–Crippen LogP) is 7.93. The van der Waals surface area contributed by atoms with Crippen LogP contribution in [0.2, 0.25) is 0 Å². The summed E-state index contributed by atoms with van der Waals surface area (Å²) in [6.07, 6.45) is 10.8. The summed E-state index contributed by atoms with van der Waals surface area (Å²) in [7, 11) is 0.437. The van der Waals surface area contributed by atoms with Crippen LogP contribution in [0.4, 0.5) is 0 Å². The standard InChI is InChI=1S/C23H29N5.4C2H6/c1-26-11-13-27(14-12-26)19-7-9-20(10-8-19)28-16-22(18-5-3-2-4-6-18)21-15-24-17-25-23(21)28;4*1-2/h2-6,15-17,19-20H,7-14H2,1H3;4*1-2H3/i1D;;;;. The molecule has 2 aliphatic rings. The molecule has 0 unspecified atom stereocenters. The fourth-order valence-corrected chi connectivity index (χ4v) is 4.94. The zero-order valence-corrected chi connectivity index (χ0v) is 24.4. The van der Waals surface area contributed by atoms with Crippen molar-refractivity contribution in [1.82, 2.24) is 24.3 Å². The third-order valence-corrected chi connectivity index (χ3v) is 6.56. The third kappa shape index (κ3) is 8.14. The first kappa shape index (κ1) is 30.0. The smallest absolute Gasteiger partial charge is 0.144 e. The molecule has 3 heterocycles. The van der Waals surface area contributed by atoms with Gasteiger partial charge in [0, 0.05) is 63.0 Å². The Labute approximate surface area is 223 Å². The molecular weight excluding hydrogens is 442 g/mol. The van der Waals surface area contributed by atoms with Crippen LogP contribution in [0, 0.1) is 0 Å². The quantitative estimate of drug-likeness (QED) is 0.369. The summed E-state index contributed by atoms with van der Waals surface area (Å²) >= 11 is 0. The molecule has 36 heavy (non-hydrogen) atoms. The van der Waals surface area contributed by atoms with Crippen LogP contribution in [0.3, 0.4) is 0 Å². The molecule has 1 aromatic carbocycles. The molecule has 202 valence electrons. The van der Waals surface area contributed by atoms with Crippen LogP contribution in [0.25, 0.3) is 22.2 Å². The molecule has 1 saturated carbocycles. The highest BCUT2D eigenvalue weighted by Gasteiger charge is 2.29. The van der Waals surface area contributed by atoms with Gasteiger partial charge in [-0.2, -0.15) is 0 Å². The molecule has 3 aromatic rings. The average molecular weight is 497 g/mol. The predicted molar refractivity (Wildman–Crippen MR) is 159 cm³/mol. The molecule has 2 fully saturated rings. The highest BCUT2D eigenvalue weighted by Crippen LogP contribution is 2.37. The van der Waals surface area contributed by atoms with Crippen LogP contribution in [0.5, 0.6) is 0 Å². The van der Waals surface area contributed by atoms with E-state index in [9.17, 15) is 0 Å². The number of piperazine rings is 1. The Kier molecular flexibility index (Phi) is 15.1. The first-order valence-electron chi connectivity index (χ1n) is 15.2. The van der Waals surface area contributed by atoms with Gasteiger partial charge in [0.2, 0.25) is 0 Å². The lowest BCUT2D eigenvalue weighted by Crippen LogP contribution is -2.49. The summed E-state index contributed by atoms with van der Waals surface area (Å²) in [6.45, 7) is 20.3. The van der Waals surface area contributed by atoms with E-state index >= 15 is 0 Å². The number of rotatable bonds is 3. The van der Waals surface area contributed by atoms with Crippen molar-refractivity contribution in [1.29, 1.82) is 0 Å². The molecule has 2 aromatic heterocycles. The normalized spacial score (nSPS) is 20.2. The highest BCUT2D eigenvalue weighted by molar-refractivity contribution is 5.93. The Balaban J connectivity index is 0.000000784. The Morgan fingerprint density at radius 3 is 1.94 bits per heavy atom. The largest absolute Gasteiger partial charge is 0.329 e. The molecule has 5 nitrogen and oxygen atoms in total. The lowest BCUT2D eigenvalue weighted by Gasteiger charge is -2.41. The molecule has 5 heteroatoms. The van der Waals surface area contributed by atoms with E-state index in [0.717, 1.165) is 37.2 Å². The maximum absolute atomic E-state index is 7.55. The molecule has 0 atom stereocenters. The minimum absolute atomic E-state index is 0.437. The van der Waals surface area contributed by atoms with Crippen LogP contribution < -0.4 is 0 Å². The summed E-state index contributed by atoms with van der Waals surface area (Å²) in [5.41, 5.74) is 3.52. The van der Waals surface area contributed by atoms with Gasteiger partial charge in [-0.15, -0.1) is 0 Å². The number of hydrogen-bond donors (Lipinski definition) is 0.